The number of halogens is 1. The number of ether oxygens (including phenoxy) is 1. The summed E-state index contributed by atoms with van der Waals surface area (Å²) in [6.07, 6.45) is 5.54. The molecule has 7 nitrogen and oxygen atoms in total. The Morgan fingerprint density at radius 3 is 2.62 bits per heavy atom. The molecule has 4 rings (SSSR count). The van der Waals surface area contributed by atoms with Crippen molar-refractivity contribution in [2.24, 2.45) is 10.9 Å². The highest BCUT2D eigenvalue weighted by Crippen LogP contribution is 2.31. The zero-order chi connectivity index (χ0) is 21.5. The minimum absolute atomic E-state index is 0. The highest BCUT2D eigenvalue weighted by atomic mass is 127. The van der Waals surface area contributed by atoms with Gasteiger partial charge in [-0.1, -0.05) is 31.0 Å². The van der Waals surface area contributed by atoms with Crippen LogP contribution in [0.3, 0.4) is 0 Å². The van der Waals surface area contributed by atoms with Crippen molar-refractivity contribution in [3.05, 3.63) is 29.8 Å². The summed E-state index contributed by atoms with van der Waals surface area (Å²) < 4.78 is 5.78. The third-order valence-electron chi connectivity index (χ3n) is 6.69. The van der Waals surface area contributed by atoms with Gasteiger partial charge in [0.15, 0.2) is 5.96 Å². The van der Waals surface area contributed by atoms with Gasteiger partial charge in [0.25, 0.3) is 0 Å². The number of carbonyl (C=O) groups is 1. The third-order valence-corrected chi connectivity index (χ3v) is 6.69. The van der Waals surface area contributed by atoms with Crippen LogP contribution < -0.4 is 15.4 Å². The van der Waals surface area contributed by atoms with Gasteiger partial charge < -0.3 is 20.3 Å². The van der Waals surface area contributed by atoms with E-state index in [0.29, 0.717) is 11.8 Å². The molecule has 1 amide bonds. The summed E-state index contributed by atoms with van der Waals surface area (Å²) in [6.45, 7) is 8.93. The molecule has 2 aliphatic heterocycles. The molecule has 1 aromatic carbocycles. The molecular weight excluding hydrogens is 517 g/mol. The van der Waals surface area contributed by atoms with Gasteiger partial charge in [-0.15, -0.1) is 24.0 Å². The first-order valence-electron chi connectivity index (χ1n) is 12.0. The van der Waals surface area contributed by atoms with E-state index in [0.717, 1.165) is 83.4 Å². The number of fused-ring (bicyclic) bond motifs is 1. The van der Waals surface area contributed by atoms with Gasteiger partial charge in [0, 0.05) is 57.2 Å². The van der Waals surface area contributed by atoms with Crippen LogP contribution in [0.15, 0.2) is 29.3 Å². The first-order chi connectivity index (χ1) is 15.2. The topological polar surface area (TPSA) is 69.2 Å². The van der Waals surface area contributed by atoms with Gasteiger partial charge in [0.1, 0.15) is 5.75 Å². The van der Waals surface area contributed by atoms with Crippen molar-refractivity contribution >= 4 is 35.8 Å². The normalized spacial score (nSPS) is 22.0. The van der Waals surface area contributed by atoms with Crippen molar-refractivity contribution in [1.29, 1.82) is 0 Å². The lowest BCUT2D eigenvalue weighted by atomic mass is 10.0. The Kier molecular flexibility index (Phi) is 9.90. The van der Waals surface area contributed by atoms with Gasteiger partial charge in [-0.2, -0.15) is 0 Å². The van der Waals surface area contributed by atoms with E-state index in [1.54, 1.807) is 0 Å². The standard InChI is InChI=1S/C24H37N5O2.HI/c1-2-25-24(27-21-11-18-31-22-10-6-5-9-20(21)22)26-12-13-28-14-16-29(17-15-28)23(30)19-7-3-4-8-19;/h5-6,9-10,19,21H,2-4,7-8,11-18H2,1H3,(H2,25,26,27);1H. The first-order valence-corrected chi connectivity index (χ1v) is 12.0. The summed E-state index contributed by atoms with van der Waals surface area (Å²) >= 11 is 0. The van der Waals surface area contributed by atoms with Crippen molar-refractivity contribution in [2.45, 2.75) is 45.1 Å². The van der Waals surface area contributed by atoms with Crippen molar-refractivity contribution in [1.82, 2.24) is 20.4 Å². The van der Waals surface area contributed by atoms with Crippen LogP contribution in [0.2, 0.25) is 0 Å². The van der Waals surface area contributed by atoms with Gasteiger partial charge in [-0.05, 0) is 25.8 Å². The fraction of sp³-hybridized carbons (Fsp3) is 0.667. The molecule has 0 aromatic heterocycles. The van der Waals surface area contributed by atoms with Crippen LogP contribution in [0.4, 0.5) is 0 Å². The molecule has 0 radical (unpaired) electrons. The van der Waals surface area contributed by atoms with Crippen LogP contribution in [0, 0.1) is 5.92 Å². The van der Waals surface area contributed by atoms with Crippen molar-refractivity contribution in [3.8, 4) is 5.75 Å². The second-order valence-corrected chi connectivity index (χ2v) is 8.78. The average molecular weight is 556 g/mol. The van der Waals surface area contributed by atoms with Gasteiger partial charge in [0.05, 0.1) is 19.2 Å². The van der Waals surface area contributed by atoms with E-state index in [1.807, 2.05) is 12.1 Å². The molecule has 1 unspecified atom stereocenters. The molecule has 1 atom stereocenters. The Morgan fingerprint density at radius 2 is 1.88 bits per heavy atom. The second-order valence-electron chi connectivity index (χ2n) is 8.78. The maximum Gasteiger partial charge on any atom is 0.225 e. The monoisotopic (exact) mass is 555 g/mol. The summed E-state index contributed by atoms with van der Waals surface area (Å²) in [4.78, 5) is 22.0. The predicted octanol–water partition coefficient (Wildman–Crippen LogP) is 3.02. The molecule has 0 spiro atoms. The number of aliphatic imine (C=N–C) groups is 1. The summed E-state index contributed by atoms with van der Waals surface area (Å²) in [5, 5.41) is 6.97. The number of piperazine rings is 1. The number of benzene rings is 1. The highest BCUT2D eigenvalue weighted by Gasteiger charge is 2.29. The fourth-order valence-electron chi connectivity index (χ4n) is 4.90. The van der Waals surface area contributed by atoms with E-state index in [4.69, 9.17) is 9.73 Å². The molecular formula is C24H38IN5O2. The van der Waals surface area contributed by atoms with Gasteiger partial charge in [-0.3, -0.25) is 14.7 Å². The third kappa shape index (κ3) is 6.50. The van der Waals surface area contributed by atoms with Gasteiger partial charge in [-0.25, -0.2) is 0 Å². The molecule has 8 heteroatoms. The van der Waals surface area contributed by atoms with Crippen LogP contribution in [-0.4, -0.2) is 74.1 Å². The number of hydrogen-bond donors (Lipinski definition) is 2. The fourth-order valence-corrected chi connectivity index (χ4v) is 4.90. The predicted molar refractivity (Wildman–Crippen MR) is 139 cm³/mol. The second kappa shape index (κ2) is 12.6. The van der Waals surface area contributed by atoms with Gasteiger partial charge >= 0.3 is 0 Å². The molecule has 1 aromatic rings. The van der Waals surface area contributed by atoms with Crippen molar-refractivity contribution < 1.29 is 9.53 Å². The molecule has 2 fully saturated rings. The number of para-hydroxylation sites is 1. The van der Waals surface area contributed by atoms with Crippen molar-refractivity contribution in [3.63, 3.8) is 0 Å². The quantitative estimate of drug-likeness (QED) is 0.321. The van der Waals surface area contributed by atoms with Crippen LogP contribution in [0.1, 0.15) is 50.6 Å². The van der Waals surface area contributed by atoms with E-state index in [-0.39, 0.29) is 30.0 Å². The first kappa shape index (κ1) is 25.1. The number of hydrogen-bond acceptors (Lipinski definition) is 4. The van der Waals surface area contributed by atoms with Crippen LogP contribution in [0.5, 0.6) is 5.75 Å². The number of carbonyl (C=O) groups excluding carboxylic acids is 1. The summed E-state index contributed by atoms with van der Waals surface area (Å²) in [6, 6.07) is 8.45. The van der Waals surface area contributed by atoms with Crippen LogP contribution >= 0.6 is 24.0 Å². The number of rotatable bonds is 6. The number of nitrogens with zero attached hydrogens (tertiary/aromatic N) is 3. The lowest BCUT2D eigenvalue weighted by molar-refractivity contribution is -0.137. The molecule has 178 valence electrons. The van der Waals surface area contributed by atoms with E-state index < -0.39 is 0 Å². The minimum Gasteiger partial charge on any atom is -0.493 e. The average Bonchev–Trinajstić information content (AvgIpc) is 3.34. The molecule has 1 saturated carbocycles. The van der Waals surface area contributed by atoms with Crippen molar-refractivity contribution in [2.75, 3.05) is 52.4 Å². The van der Waals surface area contributed by atoms with E-state index in [2.05, 4.69) is 39.5 Å². The SMILES string of the molecule is CCNC(=NCCN1CCN(C(=O)C2CCCC2)CC1)NC1CCOc2ccccc21.I. The molecule has 32 heavy (non-hydrogen) atoms. The molecule has 1 saturated heterocycles. The Labute approximate surface area is 209 Å². The van der Waals surface area contributed by atoms with E-state index in [9.17, 15) is 4.79 Å². The van der Waals surface area contributed by atoms with Gasteiger partial charge in [0.2, 0.25) is 5.91 Å². The number of amides is 1. The minimum atomic E-state index is 0. The lowest BCUT2D eigenvalue weighted by Crippen LogP contribution is -2.50. The Morgan fingerprint density at radius 1 is 1.12 bits per heavy atom. The smallest absolute Gasteiger partial charge is 0.225 e. The lowest BCUT2D eigenvalue weighted by Gasteiger charge is -2.35. The summed E-state index contributed by atoms with van der Waals surface area (Å²) in [5.41, 5.74) is 1.20. The molecule has 2 heterocycles. The zero-order valence-electron chi connectivity index (χ0n) is 19.2. The van der Waals surface area contributed by atoms with E-state index >= 15 is 0 Å². The summed E-state index contributed by atoms with van der Waals surface area (Å²) in [7, 11) is 0. The molecule has 1 aliphatic carbocycles. The number of guanidine groups is 1. The molecule has 0 bridgehead atoms. The Balaban J connectivity index is 0.00000289. The van der Waals surface area contributed by atoms with E-state index in [1.165, 1.54) is 18.4 Å². The van der Waals surface area contributed by atoms with Crippen LogP contribution in [-0.2, 0) is 4.79 Å². The maximum atomic E-state index is 12.6. The Hall–Kier alpha value is -1.55. The Bertz CT molecular complexity index is 761. The number of nitrogens with one attached hydrogen (secondary N) is 2. The zero-order valence-corrected chi connectivity index (χ0v) is 21.6. The molecule has 2 N–H and O–H groups in total. The largest absolute Gasteiger partial charge is 0.493 e. The van der Waals surface area contributed by atoms with Crippen LogP contribution in [0.25, 0.3) is 0 Å². The molecule has 3 aliphatic rings. The maximum absolute atomic E-state index is 12.6. The highest BCUT2D eigenvalue weighted by molar-refractivity contribution is 14.0. The summed E-state index contributed by atoms with van der Waals surface area (Å²) in [5.74, 6) is 2.51.